The molecule has 1 aromatic heterocycles. The fourth-order valence-corrected chi connectivity index (χ4v) is 2.80. The molecule has 5 nitrogen and oxygen atoms in total. The number of aryl methyl sites for hydroxylation is 2. The monoisotopic (exact) mass is 372 g/mol. The lowest BCUT2D eigenvalue weighted by atomic mass is 10.0. The lowest BCUT2D eigenvalue weighted by Gasteiger charge is -2.13. The van der Waals surface area contributed by atoms with E-state index in [2.05, 4.69) is 4.74 Å². The summed E-state index contributed by atoms with van der Waals surface area (Å²) < 4.78 is 16.0. The van der Waals surface area contributed by atoms with Gasteiger partial charge in [-0.25, -0.2) is 4.79 Å². The minimum absolute atomic E-state index is 0.0701. The Labute approximate surface area is 155 Å². The van der Waals surface area contributed by atoms with E-state index in [1.807, 2.05) is 13.8 Å². The van der Waals surface area contributed by atoms with Gasteiger partial charge >= 0.3 is 5.97 Å². The second kappa shape index (κ2) is 7.22. The van der Waals surface area contributed by atoms with E-state index >= 15 is 0 Å². The van der Waals surface area contributed by atoms with Gasteiger partial charge in [0.15, 0.2) is 12.4 Å². The van der Waals surface area contributed by atoms with Crippen molar-refractivity contribution in [3.05, 3.63) is 62.8 Å². The zero-order valence-corrected chi connectivity index (χ0v) is 15.3. The van der Waals surface area contributed by atoms with Gasteiger partial charge in [0.1, 0.15) is 5.58 Å². The number of benzene rings is 2. The van der Waals surface area contributed by atoms with Gasteiger partial charge in [0, 0.05) is 5.56 Å². The Bertz CT molecular complexity index is 1050. The van der Waals surface area contributed by atoms with E-state index in [0.717, 1.165) is 11.1 Å². The topological polar surface area (TPSA) is 65.7 Å². The molecular weight excluding hydrogens is 356 g/mol. The zero-order valence-electron chi connectivity index (χ0n) is 14.6. The Morgan fingerprint density at radius 1 is 1.15 bits per heavy atom. The van der Waals surface area contributed by atoms with Crippen LogP contribution < -0.4 is 10.2 Å². The van der Waals surface area contributed by atoms with Crippen molar-refractivity contribution in [2.75, 3.05) is 13.7 Å². The molecule has 0 spiro atoms. The Kier molecular flexibility index (Phi) is 5.00. The number of halogens is 1. The maximum Gasteiger partial charge on any atom is 0.343 e. The van der Waals surface area contributed by atoms with Crippen LogP contribution in [0.2, 0.25) is 5.02 Å². The number of esters is 1. The third-order valence-electron chi connectivity index (χ3n) is 4.15. The molecule has 0 amide bonds. The van der Waals surface area contributed by atoms with E-state index in [1.54, 1.807) is 36.4 Å². The van der Waals surface area contributed by atoms with Gasteiger partial charge in [0.25, 0.3) is 0 Å². The first-order valence-electron chi connectivity index (χ1n) is 7.95. The summed E-state index contributed by atoms with van der Waals surface area (Å²) in [5.74, 6) is -0.491. The number of rotatable bonds is 4. The lowest BCUT2D eigenvalue weighted by molar-refractivity contribution is -0.142. The van der Waals surface area contributed by atoms with Gasteiger partial charge in [-0.15, -0.1) is 0 Å². The van der Waals surface area contributed by atoms with E-state index in [-0.39, 0.29) is 16.9 Å². The molecule has 0 aliphatic carbocycles. The molecule has 0 N–H and O–H groups in total. The fraction of sp³-hybridized carbons (Fsp3) is 0.200. The Morgan fingerprint density at radius 3 is 2.54 bits per heavy atom. The maximum atomic E-state index is 13.0. The summed E-state index contributed by atoms with van der Waals surface area (Å²) in [5.41, 5.74) is 2.51. The summed E-state index contributed by atoms with van der Waals surface area (Å²) in [7, 11) is 1.25. The molecule has 0 bridgehead atoms. The first-order chi connectivity index (χ1) is 12.4. The lowest BCUT2D eigenvalue weighted by Crippen LogP contribution is -2.18. The molecule has 1 heterocycles. The number of hydrogen-bond acceptors (Lipinski definition) is 5. The van der Waals surface area contributed by atoms with Crippen molar-refractivity contribution >= 4 is 28.5 Å². The number of fused-ring (bicyclic) bond motifs is 1. The van der Waals surface area contributed by atoms with Gasteiger partial charge in [-0.1, -0.05) is 23.7 Å². The molecule has 134 valence electrons. The molecule has 0 unspecified atom stereocenters. The standard InChI is InChI=1S/C20H17ClO5/c1-11-8-14-16(9-12(11)2)26-19(13-6-4-5-7-15(13)21)20(18(14)23)25-10-17(22)24-3/h4-9H,10H2,1-3H3. The molecule has 26 heavy (non-hydrogen) atoms. The minimum Gasteiger partial charge on any atom is -0.474 e. The summed E-state index contributed by atoms with van der Waals surface area (Å²) in [6.07, 6.45) is 0. The smallest absolute Gasteiger partial charge is 0.343 e. The van der Waals surface area contributed by atoms with Crippen LogP contribution in [0.15, 0.2) is 45.6 Å². The van der Waals surface area contributed by atoms with E-state index in [1.165, 1.54) is 7.11 Å². The first kappa shape index (κ1) is 18.0. The molecule has 0 saturated carbocycles. The van der Waals surface area contributed by atoms with Gasteiger partial charge in [0.05, 0.1) is 17.5 Å². The van der Waals surface area contributed by atoms with Crippen molar-refractivity contribution in [2.45, 2.75) is 13.8 Å². The predicted molar refractivity (Wildman–Crippen MR) is 99.9 cm³/mol. The Morgan fingerprint density at radius 2 is 1.85 bits per heavy atom. The molecule has 0 fully saturated rings. The molecule has 0 atom stereocenters. The van der Waals surface area contributed by atoms with Gasteiger partial charge in [0.2, 0.25) is 11.2 Å². The van der Waals surface area contributed by atoms with Crippen molar-refractivity contribution in [2.24, 2.45) is 0 Å². The van der Waals surface area contributed by atoms with Crippen molar-refractivity contribution in [3.63, 3.8) is 0 Å². The second-order valence-corrected chi connectivity index (χ2v) is 6.27. The highest BCUT2D eigenvalue weighted by Gasteiger charge is 2.21. The molecule has 6 heteroatoms. The van der Waals surface area contributed by atoms with Crippen LogP contribution in [0.1, 0.15) is 11.1 Å². The van der Waals surface area contributed by atoms with Crippen molar-refractivity contribution < 1.29 is 18.7 Å². The van der Waals surface area contributed by atoms with E-state index in [9.17, 15) is 9.59 Å². The van der Waals surface area contributed by atoms with Crippen molar-refractivity contribution in [1.82, 2.24) is 0 Å². The molecule has 0 saturated heterocycles. The highest BCUT2D eigenvalue weighted by Crippen LogP contribution is 2.35. The molecule has 0 aliphatic rings. The van der Waals surface area contributed by atoms with Gasteiger partial charge in [-0.2, -0.15) is 0 Å². The van der Waals surface area contributed by atoms with Crippen LogP contribution >= 0.6 is 11.6 Å². The van der Waals surface area contributed by atoms with E-state index < -0.39 is 12.6 Å². The van der Waals surface area contributed by atoms with Crippen molar-refractivity contribution in [3.8, 4) is 17.1 Å². The summed E-state index contributed by atoms with van der Waals surface area (Å²) in [6.45, 7) is 3.44. The zero-order chi connectivity index (χ0) is 18.8. The number of carbonyl (C=O) groups excluding carboxylic acids is 1. The number of ether oxygens (including phenoxy) is 2. The Balaban J connectivity index is 2.29. The molecule has 3 aromatic rings. The second-order valence-electron chi connectivity index (χ2n) is 5.87. The summed E-state index contributed by atoms with van der Waals surface area (Å²) >= 11 is 6.27. The van der Waals surface area contributed by atoms with Gasteiger partial charge in [-0.3, -0.25) is 4.79 Å². The summed E-state index contributed by atoms with van der Waals surface area (Å²) in [4.78, 5) is 24.5. The highest BCUT2D eigenvalue weighted by molar-refractivity contribution is 6.33. The molecule has 0 radical (unpaired) electrons. The minimum atomic E-state index is -0.602. The fourth-order valence-electron chi connectivity index (χ4n) is 2.58. The molecular formula is C20H17ClO5. The largest absolute Gasteiger partial charge is 0.474 e. The third-order valence-corrected chi connectivity index (χ3v) is 4.48. The van der Waals surface area contributed by atoms with Gasteiger partial charge < -0.3 is 13.9 Å². The normalized spacial score (nSPS) is 10.8. The van der Waals surface area contributed by atoms with Crippen LogP contribution in [-0.4, -0.2) is 19.7 Å². The maximum absolute atomic E-state index is 13.0. The predicted octanol–water partition coefficient (Wildman–Crippen LogP) is 4.28. The van der Waals surface area contributed by atoms with Crippen molar-refractivity contribution in [1.29, 1.82) is 0 Å². The first-order valence-corrected chi connectivity index (χ1v) is 8.32. The quantitative estimate of drug-likeness (QED) is 0.639. The van der Waals surface area contributed by atoms with Crippen LogP contribution in [0.25, 0.3) is 22.3 Å². The SMILES string of the molecule is COC(=O)COc1c(-c2ccccc2Cl)oc2cc(C)c(C)cc2c1=O. The van der Waals surface area contributed by atoms with Gasteiger partial charge in [-0.05, 0) is 49.2 Å². The van der Waals surface area contributed by atoms with Crippen LogP contribution in [0.4, 0.5) is 0 Å². The molecule has 2 aromatic carbocycles. The summed E-state index contributed by atoms with van der Waals surface area (Å²) in [5, 5.41) is 0.783. The van der Waals surface area contributed by atoms with Crippen LogP contribution in [0.3, 0.4) is 0 Å². The van der Waals surface area contributed by atoms with Crippen LogP contribution in [0.5, 0.6) is 5.75 Å². The highest BCUT2D eigenvalue weighted by atomic mass is 35.5. The average Bonchev–Trinajstić information content (AvgIpc) is 2.62. The number of carbonyl (C=O) groups is 1. The van der Waals surface area contributed by atoms with Crippen LogP contribution in [-0.2, 0) is 9.53 Å². The average molecular weight is 373 g/mol. The van der Waals surface area contributed by atoms with Crippen LogP contribution in [0, 0.1) is 13.8 Å². The van der Waals surface area contributed by atoms with E-state index in [4.69, 9.17) is 20.8 Å². The third kappa shape index (κ3) is 3.30. The number of hydrogen-bond donors (Lipinski definition) is 0. The molecule has 3 rings (SSSR count). The molecule has 0 aliphatic heterocycles. The Hall–Kier alpha value is -2.79. The number of methoxy groups -OCH3 is 1. The summed E-state index contributed by atoms with van der Waals surface area (Å²) in [6, 6.07) is 10.5. The van der Waals surface area contributed by atoms with E-state index in [0.29, 0.717) is 21.6 Å².